The van der Waals surface area contributed by atoms with Gasteiger partial charge in [-0.2, -0.15) is 4.90 Å². The number of nitrogens with two attached hydrogens (primary N) is 1. The van der Waals surface area contributed by atoms with Crippen molar-refractivity contribution >= 4 is 17.9 Å². The second-order valence-electron chi connectivity index (χ2n) is 6.59. The first kappa shape index (κ1) is 19.8. The molecule has 0 unspecified atom stereocenters. The van der Waals surface area contributed by atoms with Crippen LogP contribution >= 0.6 is 0 Å². The van der Waals surface area contributed by atoms with Gasteiger partial charge < -0.3 is 10.5 Å². The lowest BCUT2D eigenvalue weighted by atomic mass is 9.99. The number of aromatic nitrogens is 1. The molecule has 0 spiro atoms. The molecule has 0 aliphatic rings. The summed E-state index contributed by atoms with van der Waals surface area (Å²) < 4.78 is 5.19. The van der Waals surface area contributed by atoms with Gasteiger partial charge in [0.15, 0.2) is 0 Å². The van der Waals surface area contributed by atoms with E-state index in [-0.39, 0.29) is 11.6 Å². The summed E-state index contributed by atoms with van der Waals surface area (Å²) in [5.41, 5.74) is 5.02. The second kappa shape index (κ2) is 8.01. The van der Waals surface area contributed by atoms with Crippen LogP contribution < -0.4 is 5.73 Å². The highest BCUT2D eigenvalue weighted by atomic mass is 16.6. The first-order valence-corrected chi connectivity index (χ1v) is 7.86. The minimum Gasteiger partial charge on any atom is -0.443 e. The van der Waals surface area contributed by atoms with E-state index >= 15 is 0 Å². The van der Waals surface area contributed by atoms with Gasteiger partial charge in [-0.15, -0.1) is 0 Å². The van der Waals surface area contributed by atoms with E-state index in [1.807, 2.05) is 6.92 Å². The Hall–Kier alpha value is -2.28. The molecule has 0 aliphatic carbocycles. The molecule has 2 N–H and O–H groups in total. The zero-order valence-corrected chi connectivity index (χ0v) is 14.8. The summed E-state index contributed by atoms with van der Waals surface area (Å²) in [7, 11) is 0. The van der Waals surface area contributed by atoms with Gasteiger partial charge >= 0.3 is 6.09 Å². The molecule has 0 bridgehead atoms. The van der Waals surface area contributed by atoms with Gasteiger partial charge in [0.25, 0.3) is 11.8 Å². The van der Waals surface area contributed by atoms with Crippen molar-refractivity contribution in [1.82, 2.24) is 9.88 Å². The number of pyridine rings is 1. The van der Waals surface area contributed by atoms with Crippen LogP contribution in [0.4, 0.5) is 4.79 Å². The number of rotatable bonds is 4. The molecule has 0 aliphatic heterocycles. The molecule has 3 amide bonds. The normalized spacial score (nSPS) is 13.8. The number of nitrogens with zero attached hydrogens (tertiary/aromatic N) is 2. The molecular weight excluding hydrogens is 310 g/mol. The molecular formula is C17H25N3O4. The summed E-state index contributed by atoms with van der Waals surface area (Å²) in [6.45, 7) is 8.59. The number of imide groups is 3. The van der Waals surface area contributed by atoms with Crippen LogP contribution in [0, 0.1) is 5.92 Å². The SMILES string of the molecule is CC[C@H](C)[C@H](N)C(=O)N(C(=O)OC(C)(C)C)C(=O)c1ccccn1. The van der Waals surface area contributed by atoms with Crippen LogP contribution in [0.1, 0.15) is 51.5 Å². The number of ether oxygens (including phenoxy) is 1. The maximum Gasteiger partial charge on any atom is 0.424 e. The molecule has 132 valence electrons. The van der Waals surface area contributed by atoms with E-state index in [2.05, 4.69) is 4.98 Å². The van der Waals surface area contributed by atoms with Crippen molar-refractivity contribution in [3.05, 3.63) is 30.1 Å². The molecule has 24 heavy (non-hydrogen) atoms. The number of carbonyl (C=O) groups excluding carboxylic acids is 3. The fourth-order valence-corrected chi connectivity index (χ4v) is 1.83. The maximum atomic E-state index is 12.6. The monoisotopic (exact) mass is 335 g/mol. The minimum atomic E-state index is -1.05. The van der Waals surface area contributed by atoms with Gasteiger partial charge in [0.2, 0.25) is 0 Å². The van der Waals surface area contributed by atoms with Crippen LogP contribution in [0.3, 0.4) is 0 Å². The number of hydrogen-bond donors (Lipinski definition) is 1. The van der Waals surface area contributed by atoms with E-state index in [9.17, 15) is 14.4 Å². The summed E-state index contributed by atoms with van der Waals surface area (Å²) in [5, 5.41) is 0. The van der Waals surface area contributed by atoms with E-state index in [1.54, 1.807) is 39.8 Å². The van der Waals surface area contributed by atoms with Crippen LogP contribution in [-0.4, -0.2) is 39.4 Å². The van der Waals surface area contributed by atoms with E-state index in [0.29, 0.717) is 11.3 Å². The Labute approximate surface area is 142 Å². The molecule has 0 saturated heterocycles. The zero-order chi connectivity index (χ0) is 18.5. The lowest BCUT2D eigenvalue weighted by Crippen LogP contribution is -2.53. The number of hydrogen-bond acceptors (Lipinski definition) is 6. The van der Waals surface area contributed by atoms with Crippen molar-refractivity contribution in [2.75, 3.05) is 0 Å². The van der Waals surface area contributed by atoms with Crippen molar-refractivity contribution in [2.24, 2.45) is 11.7 Å². The van der Waals surface area contributed by atoms with Crippen LogP contribution in [0.5, 0.6) is 0 Å². The topological polar surface area (TPSA) is 103 Å². The second-order valence-corrected chi connectivity index (χ2v) is 6.59. The van der Waals surface area contributed by atoms with Crippen molar-refractivity contribution in [1.29, 1.82) is 0 Å². The van der Waals surface area contributed by atoms with E-state index < -0.39 is 29.6 Å². The Morgan fingerprint density at radius 1 is 1.29 bits per heavy atom. The Balaban J connectivity index is 3.19. The summed E-state index contributed by atoms with van der Waals surface area (Å²) in [6, 6.07) is 3.64. The molecule has 1 aromatic rings. The Morgan fingerprint density at radius 3 is 2.38 bits per heavy atom. The van der Waals surface area contributed by atoms with Crippen LogP contribution in [0.25, 0.3) is 0 Å². The lowest BCUT2D eigenvalue weighted by Gasteiger charge is -2.27. The summed E-state index contributed by atoms with van der Waals surface area (Å²) in [4.78, 5) is 42.0. The van der Waals surface area contributed by atoms with Crippen LogP contribution in [-0.2, 0) is 9.53 Å². The molecule has 0 radical (unpaired) electrons. The van der Waals surface area contributed by atoms with Crippen molar-refractivity contribution in [3.63, 3.8) is 0 Å². The Kier molecular flexibility index (Phi) is 6.60. The van der Waals surface area contributed by atoms with E-state index in [1.165, 1.54) is 12.3 Å². The van der Waals surface area contributed by atoms with Gasteiger partial charge in [0.1, 0.15) is 11.3 Å². The number of carbonyl (C=O) groups is 3. The van der Waals surface area contributed by atoms with Gasteiger partial charge in [0.05, 0.1) is 6.04 Å². The highest BCUT2D eigenvalue weighted by Crippen LogP contribution is 2.16. The molecule has 7 heteroatoms. The summed E-state index contributed by atoms with van der Waals surface area (Å²) >= 11 is 0. The third-order valence-corrected chi connectivity index (χ3v) is 3.43. The first-order chi connectivity index (χ1) is 11.1. The Morgan fingerprint density at radius 2 is 1.92 bits per heavy atom. The minimum absolute atomic E-state index is 0.0342. The predicted molar refractivity (Wildman–Crippen MR) is 89.1 cm³/mol. The fourth-order valence-electron chi connectivity index (χ4n) is 1.83. The van der Waals surface area contributed by atoms with Gasteiger partial charge in [-0.25, -0.2) is 4.79 Å². The van der Waals surface area contributed by atoms with Gasteiger partial charge in [-0.05, 0) is 38.8 Å². The van der Waals surface area contributed by atoms with E-state index in [0.717, 1.165) is 0 Å². The molecule has 0 saturated carbocycles. The highest BCUT2D eigenvalue weighted by Gasteiger charge is 2.38. The highest BCUT2D eigenvalue weighted by molar-refractivity contribution is 6.15. The van der Waals surface area contributed by atoms with Crippen molar-refractivity contribution < 1.29 is 19.1 Å². The van der Waals surface area contributed by atoms with Gasteiger partial charge in [-0.1, -0.05) is 26.3 Å². The average molecular weight is 335 g/mol. The van der Waals surface area contributed by atoms with Crippen molar-refractivity contribution in [2.45, 2.75) is 52.7 Å². The summed E-state index contributed by atoms with van der Waals surface area (Å²) in [6.07, 6.45) is 0.980. The van der Waals surface area contributed by atoms with Crippen LogP contribution in [0.15, 0.2) is 24.4 Å². The summed E-state index contributed by atoms with van der Waals surface area (Å²) in [5.74, 6) is -1.85. The standard InChI is InChI=1S/C17H25N3O4/c1-6-11(2)13(18)15(22)20(16(23)24-17(3,4)5)14(21)12-9-7-8-10-19-12/h7-11,13H,6,18H2,1-5H3/t11-,13-/m0/s1. The molecule has 1 rings (SSSR count). The smallest absolute Gasteiger partial charge is 0.424 e. The lowest BCUT2D eigenvalue weighted by molar-refractivity contribution is -0.130. The Bertz CT molecular complexity index is 596. The zero-order valence-electron chi connectivity index (χ0n) is 14.8. The average Bonchev–Trinajstić information content (AvgIpc) is 2.52. The van der Waals surface area contributed by atoms with Gasteiger partial charge in [0, 0.05) is 6.20 Å². The third-order valence-electron chi connectivity index (χ3n) is 3.43. The quantitative estimate of drug-likeness (QED) is 0.906. The molecule has 0 fully saturated rings. The van der Waals surface area contributed by atoms with Crippen molar-refractivity contribution in [3.8, 4) is 0 Å². The molecule has 7 nitrogen and oxygen atoms in total. The maximum absolute atomic E-state index is 12.6. The van der Waals surface area contributed by atoms with Crippen LogP contribution in [0.2, 0.25) is 0 Å². The largest absolute Gasteiger partial charge is 0.443 e. The van der Waals surface area contributed by atoms with E-state index in [4.69, 9.17) is 10.5 Å². The molecule has 1 heterocycles. The third kappa shape index (κ3) is 5.13. The molecule has 2 atom stereocenters. The fraction of sp³-hybridized carbons (Fsp3) is 0.529. The predicted octanol–water partition coefficient (Wildman–Crippen LogP) is 2.36. The molecule has 0 aromatic carbocycles. The van der Waals surface area contributed by atoms with Gasteiger partial charge in [-0.3, -0.25) is 14.6 Å². The number of amides is 3. The molecule has 1 aromatic heterocycles. The first-order valence-electron chi connectivity index (χ1n) is 7.86.